The van der Waals surface area contributed by atoms with Crippen LogP contribution in [0.5, 0.6) is 0 Å². The summed E-state index contributed by atoms with van der Waals surface area (Å²) in [4.78, 5) is 11.9. The van der Waals surface area contributed by atoms with Gasteiger partial charge in [-0.3, -0.25) is 4.79 Å². The highest BCUT2D eigenvalue weighted by molar-refractivity contribution is 5.73. The van der Waals surface area contributed by atoms with E-state index < -0.39 is 112 Å². The number of aliphatic hydroxyl groups is 9. The second-order valence-corrected chi connectivity index (χ2v) is 8.58. The van der Waals surface area contributed by atoms with Gasteiger partial charge in [0.05, 0.1) is 19.8 Å². The fourth-order valence-electron chi connectivity index (χ4n) is 4.24. The van der Waals surface area contributed by atoms with Crippen molar-refractivity contribution in [3.63, 3.8) is 0 Å². The summed E-state index contributed by atoms with van der Waals surface area (Å²) in [6, 6.07) is -1.40. The van der Waals surface area contributed by atoms with Crippen molar-refractivity contribution in [1.82, 2.24) is 5.32 Å². The van der Waals surface area contributed by atoms with Gasteiger partial charge in [-0.25, -0.2) is 0 Å². The van der Waals surface area contributed by atoms with Crippen LogP contribution in [-0.4, -0.2) is 158 Å². The molecule has 3 saturated heterocycles. The maximum absolute atomic E-state index is 11.9. The number of nitrogens with one attached hydrogen (secondary N) is 1. The minimum atomic E-state index is -1.86. The topological polar surface area (TPSA) is 257 Å². The minimum Gasteiger partial charge on any atom is -0.394 e. The molecule has 16 heteroatoms. The highest BCUT2D eigenvalue weighted by Gasteiger charge is 2.54. The molecular formula is C19H33NO15. The van der Waals surface area contributed by atoms with Gasteiger partial charge in [0, 0.05) is 6.92 Å². The molecule has 0 aromatic carbocycles. The first-order chi connectivity index (χ1) is 16.5. The molecule has 3 rings (SSSR count). The van der Waals surface area contributed by atoms with Gasteiger partial charge >= 0.3 is 0 Å². The van der Waals surface area contributed by atoms with E-state index >= 15 is 0 Å². The van der Waals surface area contributed by atoms with E-state index in [0.29, 0.717) is 0 Å². The molecule has 0 radical (unpaired) electrons. The third kappa shape index (κ3) is 5.91. The van der Waals surface area contributed by atoms with Crippen LogP contribution in [-0.2, 0) is 28.5 Å². The normalized spacial score (nSPS) is 48.6. The van der Waals surface area contributed by atoms with Crippen LogP contribution < -0.4 is 5.32 Å². The maximum atomic E-state index is 11.9. The summed E-state index contributed by atoms with van der Waals surface area (Å²) in [5.74, 6) is -0.655. The molecule has 0 bridgehead atoms. The van der Waals surface area contributed by atoms with Crippen molar-refractivity contribution in [2.75, 3.05) is 19.8 Å². The molecule has 0 unspecified atom stereocenters. The highest BCUT2D eigenvalue weighted by Crippen LogP contribution is 2.32. The Hall–Kier alpha value is -1.09. The number of amides is 1. The number of rotatable bonds is 8. The fourth-order valence-corrected chi connectivity index (χ4v) is 4.24. The van der Waals surface area contributed by atoms with E-state index in [2.05, 4.69) is 5.32 Å². The molecule has 3 heterocycles. The first-order valence-electron chi connectivity index (χ1n) is 11.0. The molecule has 35 heavy (non-hydrogen) atoms. The number of ether oxygens (including phenoxy) is 5. The predicted octanol–water partition coefficient (Wildman–Crippen LogP) is -6.79. The summed E-state index contributed by atoms with van der Waals surface area (Å²) in [5, 5.41) is 92.3. The summed E-state index contributed by atoms with van der Waals surface area (Å²) in [7, 11) is 0. The summed E-state index contributed by atoms with van der Waals surface area (Å²) in [6.45, 7) is -1.02. The van der Waals surface area contributed by atoms with Gasteiger partial charge in [-0.1, -0.05) is 0 Å². The quantitative estimate of drug-likeness (QED) is 0.144. The van der Waals surface area contributed by atoms with Gasteiger partial charge in [-0.05, 0) is 0 Å². The first-order valence-corrected chi connectivity index (χ1v) is 11.0. The van der Waals surface area contributed by atoms with E-state index in [1.807, 2.05) is 0 Å². The summed E-state index contributed by atoms with van der Waals surface area (Å²) in [5.41, 5.74) is 0. The molecular weight excluding hydrogens is 482 g/mol. The van der Waals surface area contributed by atoms with Gasteiger partial charge in [0.1, 0.15) is 67.1 Å². The van der Waals surface area contributed by atoms with Crippen LogP contribution in [0.4, 0.5) is 0 Å². The average Bonchev–Trinajstić information content (AvgIpc) is 3.09. The fraction of sp³-hybridized carbons (Fsp3) is 0.947. The zero-order valence-corrected chi connectivity index (χ0v) is 18.7. The Morgan fingerprint density at radius 1 is 0.686 bits per heavy atom. The van der Waals surface area contributed by atoms with Crippen molar-refractivity contribution in [3.8, 4) is 0 Å². The van der Waals surface area contributed by atoms with Crippen molar-refractivity contribution in [3.05, 3.63) is 0 Å². The lowest BCUT2D eigenvalue weighted by atomic mass is 9.95. The molecule has 10 N–H and O–H groups in total. The number of carbonyl (C=O) groups excluding carboxylic acids is 1. The van der Waals surface area contributed by atoms with Crippen LogP contribution in [0.25, 0.3) is 0 Å². The zero-order chi connectivity index (χ0) is 26.0. The Balaban J connectivity index is 1.85. The molecule has 0 aliphatic carbocycles. The van der Waals surface area contributed by atoms with Crippen molar-refractivity contribution in [1.29, 1.82) is 0 Å². The Labute approximate surface area is 199 Å². The number of aliphatic hydroxyl groups excluding tert-OH is 9. The minimum absolute atomic E-state index is 0.650. The molecule has 204 valence electrons. The van der Waals surface area contributed by atoms with E-state index in [-0.39, 0.29) is 0 Å². The van der Waals surface area contributed by atoms with Crippen LogP contribution in [0, 0.1) is 0 Å². The second kappa shape index (κ2) is 12.0. The van der Waals surface area contributed by atoms with Crippen LogP contribution in [0.2, 0.25) is 0 Å². The Bertz CT molecular complexity index is 701. The Morgan fingerprint density at radius 2 is 1.17 bits per heavy atom. The summed E-state index contributed by atoms with van der Waals surface area (Å²) < 4.78 is 27.1. The van der Waals surface area contributed by atoms with Crippen molar-refractivity contribution < 1.29 is 74.4 Å². The molecule has 14 atom stereocenters. The standard InChI is InChI=1S/C19H33NO15/c1-5(24)20-9-15(34-19-14(29)11(26)7(3-22)33-19)12(27)8(4-23)32-18(9)35-16-13(28)10(25)6(2-21)31-17(16)30/h6-19,21-23,25-30H,2-4H2,1H3,(H,20,24)/t6-,7-,8-,9-,10-,11-,12-,13+,14+,15-,16+,17+,18+,19+/m1/s1. The number of carbonyl (C=O) groups is 1. The van der Waals surface area contributed by atoms with Crippen molar-refractivity contribution >= 4 is 5.91 Å². The van der Waals surface area contributed by atoms with Crippen LogP contribution in [0.15, 0.2) is 0 Å². The summed E-state index contributed by atoms with van der Waals surface area (Å²) >= 11 is 0. The van der Waals surface area contributed by atoms with Gasteiger partial charge in [0.2, 0.25) is 5.91 Å². The third-order valence-electron chi connectivity index (χ3n) is 6.15. The lowest BCUT2D eigenvalue weighted by Gasteiger charge is -2.47. The zero-order valence-electron chi connectivity index (χ0n) is 18.7. The van der Waals surface area contributed by atoms with Crippen LogP contribution in [0.3, 0.4) is 0 Å². The molecule has 3 fully saturated rings. The molecule has 1 amide bonds. The lowest BCUT2D eigenvalue weighted by Crippen LogP contribution is -2.68. The van der Waals surface area contributed by atoms with Crippen LogP contribution >= 0.6 is 0 Å². The van der Waals surface area contributed by atoms with Crippen molar-refractivity contribution in [2.45, 2.75) is 92.9 Å². The van der Waals surface area contributed by atoms with Gasteiger partial charge in [0.25, 0.3) is 0 Å². The average molecular weight is 515 g/mol. The number of hydrogen-bond acceptors (Lipinski definition) is 15. The smallest absolute Gasteiger partial charge is 0.217 e. The highest BCUT2D eigenvalue weighted by atomic mass is 16.7. The monoisotopic (exact) mass is 515 g/mol. The van der Waals surface area contributed by atoms with E-state index in [9.17, 15) is 50.8 Å². The van der Waals surface area contributed by atoms with E-state index in [0.717, 1.165) is 6.92 Å². The Kier molecular flexibility index (Phi) is 9.74. The van der Waals surface area contributed by atoms with Crippen LogP contribution in [0.1, 0.15) is 6.92 Å². The Morgan fingerprint density at radius 3 is 1.71 bits per heavy atom. The first kappa shape index (κ1) is 28.5. The molecule has 0 aromatic heterocycles. The molecule has 0 saturated carbocycles. The van der Waals surface area contributed by atoms with E-state index in [1.165, 1.54) is 0 Å². The third-order valence-corrected chi connectivity index (χ3v) is 6.15. The van der Waals surface area contributed by atoms with E-state index in [4.69, 9.17) is 23.7 Å². The second-order valence-electron chi connectivity index (χ2n) is 8.58. The molecule has 3 aliphatic rings. The van der Waals surface area contributed by atoms with Gasteiger partial charge < -0.3 is 75.0 Å². The molecule has 0 aromatic rings. The summed E-state index contributed by atoms with van der Waals surface area (Å²) in [6.07, 6.45) is -20.4. The number of hydrogen-bond donors (Lipinski definition) is 10. The molecule has 3 aliphatic heterocycles. The van der Waals surface area contributed by atoms with Crippen molar-refractivity contribution in [2.24, 2.45) is 0 Å². The van der Waals surface area contributed by atoms with Gasteiger partial charge in [-0.15, -0.1) is 0 Å². The lowest BCUT2D eigenvalue weighted by molar-refractivity contribution is -0.356. The van der Waals surface area contributed by atoms with Gasteiger partial charge in [-0.2, -0.15) is 0 Å². The van der Waals surface area contributed by atoms with E-state index in [1.54, 1.807) is 0 Å². The molecule has 0 spiro atoms. The maximum Gasteiger partial charge on any atom is 0.217 e. The SMILES string of the molecule is CC(=O)N[C@H]1[C@H](O[C@H]2[C@@H](O)[C@H](O)[C@@H](CO)O[C@@H]2O)O[C@H](CO)[C@@H](O)[C@@H]1O[C@@H]1O[C@H](CO)[C@@H](O)[C@@H]1O. The van der Waals surface area contributed by atoms with Gasteiger partial charge in [0.15, 0.2) is 18.9 Å². The molecule has 16 nitrogen and oxygen atoms in total. The predicted molar refractivity (Wildman–Crippen MR) is 107 cm³/mol. The largest absolute Gasteiger partial charge is 0.394 e.